The lowest BCUT2D eigenvalue weighted by Crippen LogP contribution is -2.19. The molecule has 0 saturated carbocycles. The van der Waals surface area contributed by atoms with Crippen molar-refractivity contribution < 1.29 is 14.6 Å². The number of aliphatic hydroxyl groups excluding tert-OH is 1. The highest BCUT2D eigenvalue weighted by atomic mass is 16.5. The summed E-state index contributed by atoms with van der Waals surface area (Å²) < 4.78 is 5.05. The molecule has 2 atom stereocenters. The Balaban J connectivity index is 1.75. The van der Waals surface area contributed by atoms with Crippen molar-refractivity contribution in [2.45, 2.75) is 116 Å². The van der Waals surface area contributed by atoms with E-state index < -0.39 is 0 Å². The summed E-state index contributed by atoms with van der Waals surface area (Å²) in [5, 5.41) is 9.24. The summed E-state index contributed by atoms with van der Waals surface area (Å²) in [6, 6.07) is 0. The molecule has 1 heterocycles. The maximum atomic E-state index is 11.4. The molecule has 2 unspecified atom stereocenters. The summed E-state index contributed by atoms with van der Waals surface area (Å²) in [5.41, 5.74) is 0. The molecule has 0 amide bonds. The van der Waals surface area contributed by atoms with E-state index in [9.17, 15) is 9.90 Å². The lowest BCUT2D eigenvalue weighted by atomic mass is 9.91. The Labute approximate surface area is 162 Å². The van der Waals surface area contributed by atoms with Gasteiger partial charge in [0, 0.05) is 5.92 Å². The van der Waals surface area contributed by atoms with E-state index in [1.807, 2.05) is 0 Å². The van der Waals surface area contributed by atoms with Gasteiger partial charge >= 0.3 is 5.97 Å². The molecule has 26 heavy (non-hydrogen) atoms. The van der Waals surface area contributed by atoms with E-state index >= 15 is 0 Å². The van der Waals surface area contributed by atoms with Gasteiger partial charge in [0.25, 0.3) is 0 Å². The fraction of sp³-hybridized carbons (Fsp3) is 0.957. The first-order valence-electron chi connectivity index (χ1n) is 11.6. The van der Waals surface area contributed by atoms with Crippen LogP contribution in [-0.4, -0.2) is 24.3 Å². The van der Waals surface area contributed by atoms with Crippen molar-refractivity contribution in [1.82, 2.24) is 0 Å². The third-order valence-electron chi connectivity index (χ3n) is 5.94. The quantitative estimate of drug-likeness (QED) is 0.224. The largest absolute Gasteiger partial charge is 0.465 e. The Kier molecular flexibility index (Phi) is 15.0. The molecule has 1 N–H and O–H groups in total. The van der Waals surface area contributed by atoms with E-state index in [-0.39, 0.29) is 24.4 Å². The van der Waals surface area contributed by atoms with Crippen LogP contribution in [0.5, 0.6) is 0 Å². The van der Waals surface area contributed by atoms with Gasteiger partial charge in [-0.1, -0.05) is 110 Å². The van der Waals surface area contributed by atoms with Crippen LogP contribution < -0.4 is 0 Å². The highest BCUT2D eigenvalue weighted by Crippen LogP contribution is 2.27. The van der Waals surface area contributed by atoms with Crippen LogP contribution in [0.2, 0.25) is 0 Å². The van der Waals surface area contributed by atoms with Gasteiger partial charge in [0.1, 0.15) is 0 Å². The number of ether oxygens (including phenoxy) is 1. The zero-order valence-electron chi connectivity index (χ0n) is 17.4. The Hall–Kier alpha value is -0.570. The molecular weight excluding hydrogens is 324 g/mol. The van der Waals surface area contributed by atoms with Crippen molar-refractivity contribution in [1.29, 1.82) is 0 Å². The number of hydrogen-bond donors (Lipinski definition) is 1. The number of carbonyl (C=O) groups is 1. The summed E-state index contributed by atoms with van der Waals surface area (Å²) in [6.45, 7) is 2.74. The van der Waals surface area contributed by atoms with E-state index in [4.69, 9.17) is 4.74 Å². The minimum atomic E-state index is -0.258. The standard InChI is InChI=1S/C23H44O3/c1-2-3-4-5-6-7-8-9-10-11-12-13-14-15-16-17-18-21-20-26-23(25)22(21)19-24/h21-22,24H,2-20H2,1H3. The van der Waals surface area contributed by atoms with Crippen molar-refractivity contribution in [2.75, 3.05) is 13.2 Å². The second-order valence-electron chi connectivity index (χ2n) is 8.27. The van der Waals surface area contributed by atoms with Crippen molar-refractivity contribution in [3.05, 3.63) is 0 Å². The summed E-state index contributed by atoms with van der Waals surface area (Å²) >= 11 is 0. The Bertz CT molecular complexity index is 329. The molecular formula is C23H44O3. The van der Waals surface area contributed by atoms with Crippen molar-refractivity contribution >= 4 is 5.97 Å². The van der Waals surface area contributed by atoms with Gasteiger partial charge < -0.3 is 9.84 Å². The van der Waals surface area contributed by atoms with Crippen LogP contribution in [0.3, 0.4) is 0 Å². The third kappa shape index (κ3) is 11.2. The van der Waals surface area contributed by atoms with Crippen LogP contribution in [0.25, 0.3) is 0 Å². The first kappa shape index (κ1) is 23.5. The lowest BCUT2D eigenvalue weighted by Gasteiger charge is -2.12. The molecule has 0 spiro atoms. The number of hydrogen-bond acceptors (Lipinski definition) is 3. The SMILES string of the molecule is CCCCCCCCCCCCCCCCCCC1COC(=O)C1CO. The van der Waals surface area contributed by atoms with Crippen LogP contribution in [-0.2, 0) is 9.53 Å². The zero-order chi connectivity index (χ0) is 18.9. The molecule has 1 aliphatic rings. The van der Waals surface area contributed by atoms with Crippen LogP contribution in [0, 0.1) is 11.8 Å². The van der Waals surface area contributed by atoms with E-state index in [1.54, 1.807) is 0 Å². The van der Waals surface area contributed by atoms with E-state index in [0.717, 1.165) is 12.8 Å². The van der Waals surface area contributed by atoms with E-state index in [1.165, 1.54) is 96.3 Å². The molecule has 0 aromatic heterocycles. The van der Waals surface area contributed by atoms with Crippen LogP contribution in [0.4, 0.5) is 0 Å². The summed E-state index contributed by atoms with van der Waals surface area (Å²) in [6.07, 6.45) is 23.1. The zero-order valence-corrected chi connectivity index (χ0v) is 17.4. The monoisotopic (exact) mass is 368 g/mol. The molecule has 1 fully saturated rings. The number of esters is 1. The Morgan fingerprint density at radius 3 is 1.62 bits per heavy atom. The fourth-order valence-corrected chi connectivity index (χ4v) is 4.07. The molecule has 0 aromatic rings. The summed E-state index contributed by atoms with van der Waals surface area (Å²) in [5.74, 6) is -0.209. The number of carbonyl (C=O) groups excluding carboxylic acids is 1. The minimum Gasteiger partial charge on any atom is -0.465 e. The van der Waals surface area contributed by atoms with Gasteiger partial charge in [-0.15, -0.1) is 0 Å². The normalized spacial score (nSPS) is 19.8. The topological polar surface area (TPSA) is 46.5 Å². The molecule has 0 aliphatic carbocycles. The first-order valence-corrected chi connectivity index (χ1v) is 11.6. The molecule has 0 aromatic carbocycles. The summed E-state index contributed by atoms with van der Waals surface area (Å²) in [7, 11) is 0. The van der Waals surface area contributed by atoms with E-state index in [0.29, 0.717) is 6.61 Å². The average molecular weight is 369 g/mol. The fourth-order valence-electron chi connectivity index (χ4n) is 4.07. The number of aliphatic hydroxyl groups is 1. The van der Waals surface area contributed by atoms with Gasteiger partial charge in [0.15, 0.2) is 0 Å². The van der Waals surface area contributed by atoms with Gasteiger partial charge in [0.2, 0.25) is 0 Å². The molecule has 1 aliphatic heterocycles. The maximum absolute atomic E-state index is 11.4. The molecule has 1 saturated heterocycles. The van der Waals surface area contributed by atoms with Crippen molar-refractivity contribution in [2.24, 2.45) is 11.8 Å². The average Bonchev–Trinajstić information content (AvgIpc) is 3.01. The number of rotatable bonds is 18. The van der Waals surface area contributed by atoms with Gasteiger partial charge in [-0.25, -0.2) is 0 Å². The molecule has 3 nitrogen and oxygen atoms in total. The molecule has 1 rings (SSSR count). The minimum absolute atomic E-state index is 0.0532. The molecule has 154 valence electrons. The Morgan fingerprint density at radius 1 is 0.769 bits per heavy atom. The molecule has 0 bridgehead atoms. The third-order valence-corrected chi connectivity index (χ3v) is 5.94. The Morgan fingerprint density at radius 2 is 1.19 bits per heavy atom. The van der Waals surface area contributed by atoms with Crippen molar-refractivity contribution in [3.63, 3.8) is 0 Å². The summed E-state index contributed by atoms with van der Waals surface area (Å²) in [4.78, 5) is 11.4. The number of unbranched alkanes of at least 4 members (excludes halogenated alkanes) is 15. The van der Waals surface area contributed by atoms with Gasteiger partial charge in [-0.05, 0) is 6.42 Å². The van der Waals surface area contributed by atoms with Crippen LogP contribution >= 0.6 is 0 Å². The van der Waals surface area contributed by atoms with E-state index in [2.05, 4.69) is 6.92 Å². The number of cyclic esters (lactones) is 1. The second kappa shape index (κ2) is 16.6. The van der Waals surface area contributed by atoms with Crippen LogP contribution in [0.1, 0.15) is 116 Å². The van der Waals surface area contributed by atoms with Gasteiger partial charge in [-0.2, -0.15) is 0 Å². The van der Waals surface area contributed by atoms with Gasteiger partial charge in [0.05, 0.1) is 19.1 Å². The predicted octanol–water partition coefficient (Wildman–Crippen LogP) is 6.42. The molecule has 0 radical (unpaired) electrons. The smallest absolute Gasteiger partial charge is 0.311 e. The second-order valence-corrected chi connectivity index (χ2v) is 8.27. The predicted molar refractivity (Wildman–Crippen MR) is 109 cm³/mol. The van der Waals surface area contributed by atoms with Gasteiger partial charge in [-0.3, -0.25) is 4.79 Å². The van der Waals surface area contributed by atoms with Crippen LogP contribution in [0.15, 0.2) is 0 Å². The lowest BCUT2D eigenvalue weighted by molar-refractivity contribution is -0.142. The maximum Gasteiger partial charge on any atom is 0.311 e. The molecule has 3 heteroatoms. The highest BCUT2D eigenvalue weighted by Gasteiger charge is 2.35. The van der Waals surface area contributed by atoms with Crippen molar-refractivity contribution in [3.8, 4) is 0 Å². The highest BCUT2D eigenvalue weighted by molar-refractivity contribution is 5.74. The first-order chi connectivity index (χ1) is 12.8.